The van der Waals surface area contributed by atoms with E-state index in [2.05, 4.69) is 0 Å². The normalized spacial score (nSPS) is 18.1. The van der Waals surface area contributed by atoms with E-state index in [9.17, 15) is 44.3 Å². The minimum atomic E-state index is -5.17. The van der Waals surface area contributed by atoms with Gasteiger partial charge in [0.05, 0.1) is 16.8 Å². The third-order valence-electron chi connectivity index (χ3n) is 4.86. The van der Waals surface area contributed by atoms with Crippen molar-refractivity contribution in [3.8, 4) is 0 Å². The Morgan fingerprint density at radius 3 is 1.83 bits per heavy atom. The van der Waals surface area contributed by atoms with Crippen LogP contribution in [0.5, 0.6) is 0 Å². The fraction of sp³-hybridized carbons (Fsp3) is 0.348. The highest BCUT2D eigenvalue weighted by Gasteiger charge is 2.54. The molecule has 1 atom stereocenters. The molecule has 2 aromatic carbocycles. The Balaban J connectivity index is 2.30. The predicted octanol–water partition coefficient (Wildman–Crippen LogP) is 8.08. The molecular weight excluding hydrogens is 493 g/mol. The molecule has 190 valence electrons. The predicted molar refractivity (Wildman–Crippen MR) is 108 cm³/mol. The smallest absolute Gasteiger partial charge is 0.416 e. The summed E-state index contributed by atoms with van der Waals surface area (Å²) in [5, 5.41) is 0. The molecule has 0 fully saturated rings. The molecule has 0 saturated heterocycles. The summed E-state index contributed by atoms with van der Waals surface area (Å²) in [6.07, 6.45) is -16.2. The lowest BCUT2D eigenvalue weighted by atomic mass is 10.0. The molecule has 0 N–H and O–H groups in total. The SMILES string of the molecule is CC(C)(C)OC(=O)N1/C(=C\c2cc(C(F)(F)F)cc(C(F)(F)F)c2)c2ccccc2[C@H]1C(F)(F)F. The zero-order valence-corrected chi connectivity index (χ0v) is 18.4. The number of halogens is 9. The van der Waals surface area contributed by atoms with Crippen molar-refractivity contribution in [2.24, 2.45) is 0 Å². The van der Waals surface area contributed by atoms with Gasteiger partial charge in [0.1, 0.15) is 5.60 Å². The summed E-state index contributed by atoms with van der Waals surface area (Å²) >= 11 is 0. The van der Waals surface area contributed by atoms with Gasteiger partial charge in [-0.1, -0.05) is 24.3 Å². The second-order valence-electron chi connectivity index (χ2n) is 8.75. The minimum absolute atomic E-state index is 0.102. The number of carbonyl (C=O) groups is 1. The van der Waals surface area contributed by atoms with Crippen LogP contribution in [-0.4, -0.2) is 22.8 Å². The van der Waals surface area contributed by atoms with Crippen molar-refractivity contribution in [3.63, 3.8) is 0 Å². The van der Waals surface area contributed by atoms with Crippen LogP contribution in [0.2, 0.25) is 0 Å². The van der Waals surface area contributed by atoms with Crippen molar-refractivity contribution >= 4 is 17.9 Å². The summed E-state index contributed by atoms with van der Waals surface area (Å²) in [6, 6.07) is 2.90. The van der Waals surface area contributed by atoms with Gasteiger partial charge in [0, 0.05) is 5.56 Å². The van der Waals surface area contributed by atoms with Crippen LogP contribution in [0.3, 0.4) is 0 Å². The van der Waals surface area contributed by atoms with Crippen LogP contribution < -0.4 is 0 Å². The minimum Gasteiger partial charge on any atom is -0.443 e. The molecule has 0 bridgehead atoms. The zero-order chi connectivity index (χ0) is 26.6. The van der Waals surface area contributed by atoms with E-state index in [1.54, 1.807) is 0 Å². The summed E-state index contributed by atoms with van der Waals surface area (Å²) in [6.45, 7) is 4.17. The standard InChI is InChI=1S/C23H18F9NO2/c1-20(2,3)35-19(34)33-17(15-6-4-5-7-16(15)18(33)23(30,31)32)10-12-8-13(21(24,25)26)11-14(9-12)22(27,28)29/h4-11,18H,1-3H3/b17-10-/t18-/m0/s1. The van der Waals surface area contributed by atoms with Gasteiger partial charge in [-0.25, -0.2) is 4.79 Å². The van der Waals surface area contributed by atoms with Crippen molar-refractivity contribution in [3.05, 3.63) is 70.3 Å². The van der Waals surface area contributed by atoms with Crippen molar-refractivity contribution in [1.29, 1.82) is 0 Å². The van der Waals surface area contributed by atoms with Gasteiger partial charge in [-0.05, 0) is 56.2 Å². The first-order valence-electron chi connectivity index (χ1n) is 9.98. The highest BCUT2D eigenvalue weighted by molar-refractivity contribution is 5.94. The Morgan fingerprint density at radius 1 is 0.857 bits per heavy atom. The van der Waals surface area contributed by atoms with E-state index in [-0.39, 0.29) is 16.5 Å². The number of hydrogen-bond acceptors (Lipinski definition) is 2. The molecule has 0 aliphatic carbocycles. The molecule has 1 aliphatic heterocycles. The van der Waals surface area contributed by atoms with E-state index in [1.807, 2.05) is 0 Å². The quantitative estimate of drug-likeness (QED) is 0.363. The molecule has 12 heteroatoms. The number of nitrogens with zero attached hydrogens (tertiary/aromatic N) is 1. The van der Waals surface area contributed by atoms with Crippen LogP contribution in [0.15, 0.2) is 42.5 Å². The van der Waals surface area contributed by atoms with E-state index in [4.69, 9.17) is 4.74 Å². The number of amides is 1. The van der Waals surface area contributed by atoms with Crippen LogP contribution >= 0.6 is 0 Å². The van der Waals surface area contributed by atoms with Crippen LogP contribution in [0.1, 0.15) is 54.6 Å². The molecular formula is C23H18F9NO2. The first-order chi connectivity index (χ1) is 15.8. The summed E-state index contributed by atoms with van der Waals surface area (Å²) < 4.78 is 127. The van der Waals surface area contributed by atoms with Gasteiger partial charge in [0.25, 0.3) is 0 Å². The first-order valence-corrected chi connectivity index (χ1v) is 9.98. The van der Waals surface area contributed by atoms with E-state index >= 15 is 0 Å². The molecule has 3 nitrogen and oxygen atoms in total. The largest absolute Gasteiger partial charge is 0.443 e. The fourth-order valence-corrected chi connectivity index (χ4v) is 3.58. The Hall–Kier alpha value is -3.18. The van der Waals surface area contributed by atoms with Crippen molar-refractivity contribution < 1.29 is 49.0 Å². The third-order valence-corrected chi connectivity index (χ3v) is 4.86. The van der Waals surface area contributed by atoms with E-state index < -0.39 is 64.2 Å². The summed E-state index contributed by atoms with van der Waals surface area (Å²) in [7, 11) is 0. The van der Waals surface area contributed by atoms with Gasteiger partial charge >= 0.3 is 24.6 Å². The van der Waals surface area contributed by atoms with Crippen molar-refractivity contribution in [2.75, 3.05) is 0 Å². The van der Waals surface area contributed by atoms with Crippen LogP contribution in [0.4, 0.5) is 44.3 Å². The highest BCUT2D eigenvalue weighted by Crippen LogP contribution is 2.50. The number of benzene rings is 2. The maximum atomic E-state index is 14.1. The lowest BCUT2D eigenvalue weighted by Gasteiger charge is -2.30. The first kappa shape index (κ1) is 26.4. The molecule has 0 aromatic heterocycles. The molecule has 1 heterocycles. The summed E-state index contributed by atoms with van der Waals surface area (Å²) in [5.41, 5.74) is -6.39. The second-order valence-corrected chi connectivity index (χ2v) is 8.75. The average molecular weight is 511 g/mol. The third kappa shape index (κ3) is 5.73. The van der Waals surface area contributed by atoms with Gasteiger partial charge in [0.2, 0.25) is 0 Å². The molecule has 0 unspecified atom stereocenters. The molecule has 0 radical (unpaired) electrons. The van der Waals surface area contributed by atoms with Crippen LogP contribution in [0, 0.1) is 0 Å². The topological polar surface area (TPSA) is 29.5 Å². The summed E-state index contributed by atoms with van der Waals surface area (Å²) in [5.74, 6) is 0. The van der Waals surface area contributed by atoms with Crippen molar-refractivity contribution in [1.82, 2.24) is 4.90 Å². The average Bonchev–Trinajstić information content (AvgIpc) is 3.00. The Labute approximate surface area is 193 Å². The number of fused-ring (bicyclic) bond motifs is 1. The lowest BCUT2D eigenvalue weighted by Crippen LogP contribution is -2.40. The monoisotopic (exact) mass is 511 g/mol. The highest BCUT2D eigenvalue weighted by atomic mass is 19.4. The second kappa shape index (κ2) is 8.49. The Morgan fingerprint density at radius 2 is 1.37 bits per heavy atom. The Kier molecular flexibility index (Phi) is 6.41. The number of carbonyl (C=O) groups excluding carboxylic acids is 1. The molecule has 2 aromatic rings. The number of alkyl halides is 9. The lowest BCUT2D eigenvalue weighted by molar-refractivity contribution is -0.173. The number of hydrogen-bond donors (Lipinski definition) is 0. The van der Waals surface area contributed by atoms with Crippen molar-refractivity contribution in [2.45, 2.75) is 50.9 Å². The maximum absolute atomic E-state index is 14.1. The molecule has 0 saturated carbocycles. The number of rotatable bonds is 1. The molecule has 3 rings (SSSR count). The van der Waals surface area contributed by atoms with E-state index in [0.717, 1.165) is 6.07 Å². The molecule has 1 amide bonds. The van der Waals surface area contributed by atoms with Gasteiger partial charge in [-0.15, -0.1) is 0 Å². The molecule has 1 aliphatic rings. The molecule has 0 spiro atoms. The molecule has 35 heavy (non-hydrogen) atoms. The van der Waals surface area contributed by atoms with E-state index in [0.29, 0.717) is 18.2 Å². The van der Waals surface area contributed by atoms with Crippen LogP contribution in [-0.2, 0) is 17.1 Å². The van der Waals surface area contributed by atoms with E-state index in [1.165, 1.54) is 39.0 Å². The summed E-state index contributed by atoms with van der Waals surface area (Å²) in [4.78, 5) is 13.0. The van der Waals surface area contributed by atoms with Crippen LogP contribution in [0.25, 0.3) is 11.8 Å². The van der Waals surface area contributed by atoms with Gasteiger partial charge in [-0.3, -0.25) is 4.90 Å². The van der Waals surface area contributed by atoms with Gasteiger partial charge in [-0.2, -0.15) is 39.5 Å². The number of ether oxygens (including phenoxy) is 1. The van der Waals surface area contributed by atoms with Gasteiger partial charge < -0.3 is 4.74 Å². The fourth-order valence-electron chi connectivity index (χ4n) is 3.58. The maximum Gasteiger partial charge on any atom is 0.416 e. The van der Waals surface area contributed by atoms with Gasteiger partial charge in [0.15, 0.2) is 6.04 Å². The Bertz CT molecular complexity index is 1120. The zero-order valence-electron chi connectivity index (χ0n) is 18.4.